The van der Waals surface area contributed by atoms with Crippen molar-refractivity contribution in [2.45, 2.75) is 13.5 Å². The van der Waals surface area contributed by atoms with Crippen molar-refractivity contribution in [2.75, 3.05) is 0 Å². The Kier molecular flexibility index (Phi) is 2.75. The molecule has 1 aromatic heterocycles. The standard InChI is InChI=1S/C11H11ClN2O/c1-8-9(7-15)6-13-14(8)11-4-2-3-10(12)5-11/h2-6,15H,7H2,1H3. The summed E-state index contributed by atoms with van der Waals surface area (Å²) in [6, 6.07) is 7.45. The van der Waals surface area contributed by atoms with Crippen molar-refractivity contribution >= 4 is 11.6 Å². The molecule has 4 heteroatoms. The fraction of sp³-hybridized carbons (Fsp3) is 0.182. The molecule has 0 fully saturated rings. The molecule has 0 radical (unpaired) electrons. The molecule has 1 aromatic carbocycles. The Bertz CT molecular complexity index is 479. The molecule has 0 spiro atoms. The highest BCUT2D eigenvalue weighted by Gasteiger charge is 2.06. The van der Waals surface area contributed by atoms with E-state index in [9.17, 15) is 0 Å². The second-order valence-corrected chi connectivity index (χ2v) is 3.74. The molecule has 0 atom stereocenters. The van der Waals surface area contributed by atoms with Crippen LogP contribution in [0, 0.1) is 6.92 Å². The van der Waals surface area contributed by atoms with Crippen LogP contribution in [0.25, 0.3) is 5.69 Å². The topological polar surface area (TPSA) is 38.1 Å². The number of rotatable bonds is 2. The smallest absolute Gasteiger partial charge is 0.0715 e. The first-order valence-corrected chi connectivity index (χ1v) is 5.00. The third-order valence-electron chi connectivity index (χ3n) is 2.33. The maximum atomic E-state index is 9.05. The molecule has 0 aliphatic carbocycles. The van der Waals surface area contributed by atoms with Gasteiger partial charge in [0.05, 0.1) is 18.5 Å². The summed E-state index contributed by atoms with van der Waals surface area (Å²) >= 11 is 5.90. The Morgan fingerprint density at radius 2 is 2.27 bits per heavy atom. The van der Waals surface area contributed by atoms with E-state index >= 15 is 0 Å². The van der Waals surface area contributed by atoms with Gasteiger partial charge in [-0.1, -0.05) is 17.7 Å². The molecule has 2 rings (SSSR count). The largest absolute Gasteiger partial charge is 0.392 e. The first kappa shape index (κ1) is 10.2. The van der Waals surface area contributed by atoms with E-state index in [1.165, 1.54) is 0 Å². The first-order valence-electron chi connectivity index (χ1n) is 4.62. The fourth-order valence-electron chi connectivity index (χ4n) is 1.47. The van der Waals surface area contributed by atoms with E-state index in [1.54, 1.807) is 10.9 Å². The minimum Gasteiger partial charge on any atom is -0.392 e. The summed E-state index contributed by atoms with van der Waals surface area (Å²) in [6.45, 7) is 1.92. The molecule has 1 heterocycles. The van der Waals surface area contributed by atoms with Gasteiger partial charge in [-0.3, -0.25) is 0 Å². The van der Waals surface area contributed by atoms with E-state index in [1.807, 2.05) is 31.2 Å². The van der Waals surface area contributed by atoms with Crippen LogP contribution < -0.4 is 0 Å². The molecule has 0 saturated carbocycles. The predicted molar refractivity (Wildman–Crippen MR) is 59.2 cm³/mol. The molecule has 1 N–H and O–H groups in total. The van der Waals surface area contributed by atoms with Crippen LogP contribution >= 0.6 is 11.6 Å². The van der Waals surface area contributed by atoms with Gasteiger partial charge in [-0.15, -0.1) is 0 Å². The SMILES string of the molecule is Cc1c(CO)cnn1-c1cccc(Cl)c1. The summed E-state index contributed by atoms with van der Waals surface area (Å²) in [6.07, 6.45) is 1.66. The number of aliphatic hydroxyl groups is 1. The number of aliphatic hydroxyl groups excluding tert-OH is 1. The molecule has 3 nitrogen and oxygen atoms in total. The van der Waals surface area contributed by atoms with Crippen molar-refractivity contribution in [2.24, 2.45) is 0 Å². The molecule has 0 amide bonds. The minimum absolute atomic E-state index is 0.00635. The molecule has 0 aliphatic rings. The first-order chi connectivity index (χ1) is 7.22. The molecule has 78 valence electrons. The highest BCUT2D eigenvalue weighted by Crippen LogP contribution is 2.17. The summed E-state index contributed by atoms with van der Waals surface area (Å²) in [7, 11) is 0. The monoisotopic (exact) mass is 222 g/mol. The lowest BCUT2D eigenvalue weighted by Crippen LogP contribution is -1.99. The second kappa shape index (κ2) is 4.04. The number of aromatic nitrogens is 2. The van der Waals surface area contributed by atoms with Gasteiger partial charge in [-0.25, -0.2) is 4.68 Å². The zero-order chi connectivity index (χ0) is 10.8. The van der Waals surface area contributed by atoms with Crippen molar-refractivity contribution < 1.29 is 5.11 Å². The summed E-state index contributed by atoms with van der Waals surface area (Å²) in [5.74, 6) is 0. The van der Waals surface area contributed by atoms with E-state index in [0.717, 1.165) is 16.9 Å². The van der Waals surface area contributed by atoms with Crippen LogP contribution in [0.1, 0.15) is 11.3 Å². The Morgan fingerprint density at radius 1 is 1.47 bits per heavy atom. The Labute approximate surface area is 92.9 Å². The lowest BCUT2D eigenvalue weighted by atomic mass is 10.2. The fourth-order valence-corrected chi connectivity index (χ4v) is 1.65. The van der Waals surface area contributed by atoms with Crippen LogP contribution in [0.3, 0.4) is 0 Å². The van der Waals surface area contributed by atoms with Crippen molar-refractivity contribution in [3.63, 3.8) is 0 Å². The van der Waals surface area contributed by atoms with Gasteiger partial charge in [-0.05, 0) is 25.1 Å². The lowest BCUT2D eigenvalue weighted by Gasteiger charge is -2.04. The van der Waals surface area contributed by atoms with Crippen LogP contribution in [-0.4, -0.2) is 14.9 Å². The third-order valence-corrected chi connectivity index (χ3v) is 2.57. The van der Waals surface area contributed by atoms with Crippen molar-refractivity contribution in [3.8, 4) is 5.69 Å². The van der Waals surface area contributed by atoms with Crippen LogP contribution in [0.2, 0.25) is 5.02 Å². The van der Waals surface area contributed by atoms with E-state index in [4.69, 9.17) is 16.7 Å². The highest BCUT2D eigenvalue weighted by molar-refractivity contribution is 6.30. The summed E-state index contributed by atoms with van der Waals surface area (Å²) in [4.78, 5) is 0. The van der Waals surface area contributed by atoms with Gasteiger partial charge in [-0.2, -0.15) is 5.10 Å². The van der Waals surface area contributed by atoms with Crippen molar-refractivity contribution in [3.05, 3.63) is 46.7 Å². The summed E-state index contributed by atoms with van der Waals surface area (Å²) in [5.41, 5.74) is 2.66. The minimum atomic E-state index is 0.00635. The van der Waals surface area contributed by atoms with E-state index in [0.29, 0.717) is 5.02 Å². The molecule has 15 heavy (non-hydrogen) atoms. The zero-order valence-corrected chi connectivity index (χ0v) is 9.07. The summed E-state index contributed by atoms with van der Waals surface area (Å²) in [5, 5.41) is 13.9. The maximum absolute atomic E-state index is 9.05. The average molecular weight is 223 g/mol. The van der Waals surface area contributed by atoms with Crippen molar-refractivity contribution in [1.29, 1.82) is 0 Å². The van der Waals surface area contributed by atoms with E-state index in [-0.39, 0.29) is 6.61 Å². The Hall–Kier alpha value is -1.32. The molecule has 2 aromatic rings. The number of hydrogen-bond acceptors (Lipinski definition) is 2. The quantitative estimate of drug-likeness (QED) is 0.847. The van der Waals surface area contributed by atoms with E-state index < -0.39 is 0 Å². The van der Waals surface area contributed by atoms with E-state index in [2.05, 4.69) is 5.10 Å². The normalized spacial score (nSPS) is 10.6. The number of benzene rings is 1. The molecule has 0 aliphatic heterocycles. The Balaban J connectivity index is 2.49. The van der Waals surface area contributed by atoms with Crippen LogP contribution in [-0.2, 0) is 6.61 Å². The van der Waals surface area contributed by atoms with Gasteiger partial charge < -0.3 is 5.11 Å². The summed E-state index contributed by atoms with van der Waals surface area (Å²) < 4.78 is 1.76. The lowest BCUT2D eigenvalue weighted by molar-refractivity contribution is 0.281. The Morgan fingerprint density at radius 3 is 2.87 bits per heavy atom. The van der Waals surface area contributed by atoms with Gasteiger partial charge >= 0.3 is 0 Å². The number of nitrogens with zero attached hydrogens (tertiary/aromatic N) is 2. The average Bonchev–Trinajstić information content (AvgIpc) is 2.59. The van der Waals surface area contributed by atoms with Crippen molar-refractivity contribution in [1.82, 2.24) is 9.78 Å². The van der Waals surface area contributed by atoms with Gasteiger partial charge in [0.25, 0.3) is 0 Å². The van der Waals surface area contributed by atoms with Gasteiger partial charge in [0.1, 0.15) is 0 Å². The number of hydrogen-bond donors (Lipinski definition) is 1. The van der Waals surface area contributed by atoms with Crippen LogP contribution in [0.4, 0.5) is 0 Å². The number of halogens is 1. The molecular formula is C11H11ClN2O. The van der Waals surface area contributed by atoms with Gasteiger partial charge in [0.15, 0.2) is 0 Å². The molecule has 0 unspecified atom stereocenters. The maximum Gasteiger partial charge on any atom is 0.0715 e. The highest BCUT2D eigenvalue weighted by atomic mass is 35.5. The van der Waals surface area contributed by atoms with Gasteiger partial charge in [0.2, 0.25) is 0 Å². The van der Waals surface area contributed by atoms with Gasteiger partial charge in [0, 0.05) is 16.3 Å². The predicted octanol–water partition coefficient (Wildman–Crippen LogP) is 2.33. The zero-order valence-electron chi connectivity index (χ0n) is 8.31. The third kappa shape index (κ3) is 1.89. The molecular weight excluding hydrogens is 212 g/mol. The van der Waals surface area contributed by atoms with Crippen LogP contribution in [0.15, 0.2) is 30.5 Å². The second-order valence-electron chi connectivity index (χ2n) is 3.31. The van der Waals surface area contributed by atoms with Crippen LogP contribution in [0.5, 0.6) is 0 Å². The molecule has 0 saturated heterocycles. The molecule has 0 bridgehead atoms.